The molecule has 0 atom stereocenters. The predicted molar refractivity (Wildman–Crippen MR) is 88.4 cm³/mol. The molecular formula is C16H22N2O3S. The highest BCUT2D eigenvalue weighted by molar-refractivity contribution is 7.98. The van der Waals surface area contributed by atoms with Gasteiger partial charge in [0.1, 0.15) is 5.56 Å². The summed E-state index contributed by atoms with van der Waals surface area (Å²) in [7, 11) is 0. The van der Waals surface area contributed by atoms with Crippen molar-refractivity contribution in [2.24, 2.45) is 5.92 Å². The van der Waals surface area contributed by atoms with Crippen molar-refractivity contribution in [3.8, 4) is 0 Å². The van der Waals surface area contributed by atoms with Crippen molar-refractivity contribution in [2.75, 3.05) is 12.8 Å². The summed E-state index contributed by atoms with van der Waals surface area (Å²) in [5.41, 5.74) is 0.0174. The second-order valence-corrected chi connectivity index (χ2v) is 6.57. The molecule has 0 spiro atoms. The molecule has 1 fully saturated rings. The van der Waals surface area contributed by atoms with Gasteiger partial charge in [-0.05, 0) is 37.1 Å². The third-order valence-corrected chi connectivity index (χ3v) is 4.92. The van der Waals surface area contributed by atoms with Gasteiger partial charge >= 0.3 is 0 Å². The van der Waals surface area contributed by atoms with Gasteiger partial charge in [0.25, 0.3) is 11.6 Å². The van der Waals surface area contributed by atoms with E-state index in [-0.39, 0.29) is 17.2 Å². The zero-order valence-corrected chi connectivity index (χ0v) is 13.7. The highest BCUT2D eigenvalue weighted by Crippen LogP contribution is 2.28. The summed E-state index contributed by atoms with van der Waals surface area (Å²) in [6.45, 7) is 0.579. The lowest BCUT2D eigenvalue weighted by Gasteiger charge is -2.10. The molecule has 0 aliphatic heterocycles. The van der Waals surface area contributed by atoms with Crippen LogP contribution in [0, 0.1) is 16.0 Å². The van der Waals surface area contributed by atoms with Crippen LogP contribution in [-0.4, -0.2) is 23.6 Å². The van der Waals surface area contributed by atoms with Crippen molar-refractivity contribution >= 4 is 23.4 Å². The van der Waals surface area contributed by atoms with E-state index in [1.807, 2.05) is 6.26 Å². The van der Waals surface area contributed by atoms with Crippen LogP contribution >= 0.6 is 11.8 Å². The molecular weight excluding hydrogens is 300 g/mol. The molecule has 22 heavy (non-hydrogen) atoms. The summed E-state index contributed by atoms with van der Waals surface area (Å²) < 4.78 is 0. The lowest BCUT2D eigenvalue weighted by molar-refractivity contribution is -0.385. The number of carbonyl (C=O) groups is 1. The van der Waals surface area contributed by atoms with Crippen molar-refractivity contribution in [3.05, 3.63) is 33.9 Å². The van der Waals surface area contributed by atoms with Gasteiger partial charge in [0.05, 0.1) is 4.92 Å². The number of nitrogens with one attached hydrogen (secondary N) is 1. The van der Waals surface area contributed by atoms with Crippen molar-refractivity contribution < 1.29 is 9.72 Å². The van der Waals surface area contributed by atoms with Crippen LogP contribution in [-0.2, 0) is 0 Å². The summed E-state index contributed by atoms with van der Waals surface area (Å²) in [6, 6.07) is 4.66. The number of nitro groups is 1. The minimum absolute atomic E-state index is 0.133. The third-order valence-electron chi connectivity index (χ3n) is 4.19. The van der Waals surface area contributed by atoms with Gasteiger partial charge in [0, 0.05) is 17.5 Å². The summed E-state index contributed by atoms with van der Waals surface area (Å²) in [4.78, 5) is 23.6. The molecule has 1 aliphatic carbocycles. The molecule has 1 amide bonds. The van der Waals surface area contributed by atoms with E-state index in [0.717, 1.165) is 23.7 Å². The highest BCUT2D eigenvalue weighted by atomic mass is 32.2. The number of amides is 1. The monoisotopic (exact) mass is 322 g/mol. The first kappa shape index (κ1) is 16.8. The second-order valence-electron chi connectivity index (χ2n) is 5.69. The van der Waals surface area contributed by atoms with Crippen molar-refractivity contribution in [3.63, 3.8) is 0 Å². The molecule has 1 N–H and O–H groups in total. The molecule has 1 aliphatic rings. The molecule has 6 heteroatoms. The fourth-order valence-electron chi connectivity index (χ4n) is 2.97. The Labute approximate surface area is 135 Å². The van der Waals surface area contributed by atoms with Crippen LogP contribution in [0.5, 0.6) is 0 Å². The van der Waals surface area contributed by atoms with E-state index >= 15 is 0 Å². The van der Waals surface area contributed by atoms with Crippen LogP contribution < -0.4 is 5.32 Å². The minimum atomic E-state index is -0.502. The maximum absolute atomic E-state index is 12.2. The van der Waals surface area contributed by atoms with E-state index in [4.69, 9.17) is 0 Å². The van der Waals surface area contributed by atoms with Crippen molar-refractivity contribution in [1.82, 2.24) is 5.32 Å². The number of thioether (sulfide) groups is 1. The molecule has 0 bridgehead atoms. The molecule has 0 saturated heterocycles. The molecule has 1 aromatic carbocycles. The zero-order valence-electron chi connectivity index (χ0n) is 12.8. The Kier molecular flexibility index (Phi) is 6.24. The van der Waals surface area contributed by atoms with Gasteiger partial charge in [-0.3, -0.25) is 14.9 Å². The Hall–Kier alpha value is -1.56. The van der Waals surface area contributed by atoms with E-state index < -0.39 is 4.92 Å². The Morgan fingerprint density at radius 1 is 1.41 bits per heavy atom. The fourth-order valence-corrected chi connectivity index (χ4v) is 3.41. The first-order valence-electron chi connectivity index (χ1n) is 7.72. The average molecular weight is 322 g/mol. The first-order chi connectivity index (χ1) is 10.6. The van der Waals surface area contributed by atoms with Crippen LogP contribution in [0.25, 0.3) is 0 Å². The van der Waals surface area contributed by atoms with Crippen LogP contribution in [0.15, 0.2) is 23.1 Å². The molecule has 0 aromatic heterocycles. The predicted octanol–water partition coefficient (Wildman–Crippen LogP) is 4.02. The number of nitrogens with zero attached hydrogens (tertiary/aromatic N) is 1. The molecule has 1 saturated carbocycles. The highest BCUT2D eigenvalue weighted by Gasteiger charge is 2.20. The summed E-state index contributed by atoms with van der Waals surface area (Å²) in [5.74, 6) is 0.445. The average Bonchev–Trinajstić information content (AvgIpc) is 3.03. The lowest BCUT2D eigenvalue weighted by Crippen LogP contribution is -2.25. The maximum Gasteiger partial charge on any atom is 0.282 e. The van der Waals surface area contributed by atoms with E-state index in [1.165, 1.54) is 43.5 Å². The molecule has 0 radical (unpaired) electrons. The summed E-state index contributed by atoms with van der Waals surface area (Å²) in [6.07, 6.45) is 9.20. The van der Waals surface area contributed by atoms with Crippen molar-refractivity contribution in [2.45, 2.75) is 43.4 Å². The van der Waals surface area contributed by atoms with Crippen molar-refractivity contribution in [1.29, 1.82) is 0 Å². The summed E-state index contributed by atoms with van der Waals surface area (Å²) in [5, 5.41) is 13.9. The van der Waals surface area contributed by atoms with Gasteiger partial charge in [-0.1, -0.05) is 25.7 Å². The van der Waals surface area contributed by atoms with Gasteiger partial charge in [-0.15, -0.1) is 11.8 Å². The lowest BCUT2D eigenvalue weighted by atomic mass is 10.0. The normalized spacial score (nSPS) is 15.0. The van der Waals surface area contributed by atoms with Gasteiger partial charge < -0.3 is 5.32 Å². The van der Waals surface area contributed by atoms with Crippen LogP contribution in [0.1, 0.15) is 48.9 Å². The van der Waals surface area contributed by atoms with E-state index in [0.29, 0.717) is 6.54 Å². The fraction of sp³-hybridized carbons (Fsp3) is 0.562. The molecule has 120 valence electrons. The summed E-state index contributed by atoms with van der Waals surface area (Å²) >= 11 is 1.46. The molecule has 2 rings (SSSR count). The number of hydrogen-bond donors (Lipinski definition) is 1. The largest absolute Gasteiger partial charge is 0.352 e. The van der Waals surface area contributed by atoms with Crippen LogP contribution in [0.3, 0.4) is 0 Å². The topological polar surface area (TPSA) is 72.2 Å². The number of carbonyl (C=O) groups excluding carboxylic acids is 1. The quantitative estimate of drug-likeness (QED) is 0.356. The number of hydrogen-bond acceptors (Lipinski definition) is 4. The zero-order chi connectivity index (χ0) is 15.9. The number of nitro benzene ring substituents is 1. The van der Waals surface area contributed by atoms with E-state index in [2.05, 4.69) is 5.32 Å². The van der Waals surface area contributed by atoms with E-state index in [1.54, 1.807) is 12.1 Å². The molecule has 0 heterocycles. The Balaban J connectivity index is 1.91. The number of benzene rings is 1. The third kappa shape index (κ3) is 4.47. The smallest absolute Gasteiger partial charge is 0.282 e. The first-order valence-corrected chi connectivity index (χ1v) is 8.95. The SMILES string of the molecule is CSc1ccc([N+](=O)[O-])c(C(=O)NCCCC2CCCC2)c1. The van der Waals surface area contributed by atoms with Gasteiger partial charge in [0.15, 0.2) is 0 Å². The van der Waals surface area contributed by atoms with Crippen LogP contribution in [0.2, 0.25) is 0 Å². The Morgan fingerprint density at radius 2 is 2.14 bits per heavy atom. The second kappa shape index (κ2) is 8.17. The van der Waals surface area contributed by atoms with Gasteiger partial charge in [0.2, 0.25) is 0 Å². The van der Waals surface area contributed by atoms with Crippen LogP contribution in [0.4, 0.5) is 5.69 Å². The molecule has 5 nitrogen and oxygen atoms in total. The Bertz CT molecular complexity index is 542. The minimum Gasteiger partial charge on any atom is -0.352 e. The van der Waals surface area contributed by atoms with Gasteiger partial charge in [-0.2, -0.15) is 0 Å². The Morgan fingerprint density at radius 3 is 2.77 bits per heavy atom. The molecule has 0 unspecified atom stereocenters. The maximum atomic E-state index is 12.2. The molecule has 1 aromatic rings. The van der Waals surface area contributed by atoms with E-state index in [9.17, 15) is 14.9 Å². The van der Waals surface area contributed by atoms with Gasteiger partial charge in [-0.25, -0.2) is 0 Å². The standard InChI is InChI=1S/C16H22N2O3S/c1-22-13-8-9-15(18(20)21)14(11-13)16(19)17-10-4-7-12-5-2-3-6-12/h8-9,11-12H,2-7,10H2,1H3,(H,17,19). The number of rotatable bonds is 7.